The lowest BCUT2D eigenvalue weighted by Crippen LogP contribution is -2.26. The molecule has 0 bridgehead atoms. The van der Waals surface area contributed by atoms with E-state index in [0.717, 1.165) is 12.1 Å². The Hall–Kier alpha value is -3.58. The number of aromatic nitrogens is 1. The van der Waals surface area contributed by atoms with E-state index in [1.165, 1.54) is 13.8 Å². The Labute approximate surface area is 169 Å². The van der Waals surface area contributed by atoms with Gasteiger partial charge in [-0.2, -0.15) is 22.5 Å². The molecule has 31 heavy (non-hydrogen) atoms. The number of alkyl halides is 3. The second-order valence-corrected chi connectivity index (χ2v) is 5.71. The highest BCUT2D eigenvalue weighted by Gasteiger charge is 2.38. The summed E-state index contributed by atoms with van der Waals surface area (Å²) in [4.78, 5) is 25.3. The standard InChI is InChI=1S/C17H12F6N2O6/c1-3-29-16(26)7(2)30-15-10(25(27)28)4-5-11(24-15)31-14-9(18)6-8(17(21,22)23)12(19)13(14)20/h4-7H,3H2,1-2H3. The van der Waals surface area contributed by atoms with Crippen LogP contribution in [0.1, 0.15) is 19.4 Å². The minimum atomic E-state index is -5.37. The van der Waals surface area contributed by atoms with Crippen LogP contribution in [0, 0.1) is 27.6 Å². The molecular weight excluding hydrogens is 442 g/mol. The molecule has 168 valence electrons. The number of hydrogen-bond donors (Lipinski definition) is 0. The Bertz CT molecular complexity index is 1010. The van der Waals surface area contributed by atoms with Crippen molar-refractivity contribution in [1.82, 2.24) is 4.98 Å². The number of rotatable bonds is 7. The molecule has 14 heteroatoms. The van der Waals surface area contributed by atoms with E-state index in [9.17, 15) is 41.3 Å². The first-order valence-corrected chi connectivity index (χ1v) is 8.28. The maximum atomic E-state index is 14.0. The zero-order chi connectivity index (χ0) is 23.5. The Morgan fingerprint density at radius 2 is 1.87 bits per heavy atom. The van der Waals surface area contributed by atoms with Gasteiger partial charge in [-0.3, -0.25) is 10.1 Å². The molecule has 0 aliphatic heterocycles. The molecular formula is C17H12F6N2O6. The number of benzene rings is 1. The minimum Gasteiger partial charge on any atom is -0.463 e. The second kappa shape index (κ2) is 9.06. The van der Waals surface area contributed by atoms with Crippen LogP contribution in [0.5, 0.6) is 17.5 Å². The second-order valence-electron chi connectivity index (χ2n) is 5.71. The molecule has 0 saturated carbocycles. The molecule has 1 heterocycles. The highest BCUT2D eigenvalue weighted by atomic mass is 19.4. The van der Waals surface area contributed by atoms with Crippen LogP contribution in [0.15, 0.2) is 18.2 Å². The van der Waals surface area contributed by atoms with E-state index in [-0.39, 0.29) is 12.7 Å². The number of carbonyl (C=O) groups excluding carboxylic acids is 1. The predicted molar refractivity (Wildman–Crippen MR) is 89.0 cm³/mol. The first kappa shape index (κ1) is 23.7. The molecule has 8 nitrogen and oxygen atoms in total. The largest absolute Gasteiger partial charge is 0.463 e. The lowest BCUT2D eigenvalue weighted by Gasteiger charge is -2.14. The van der Waals surface area contributed by atoms with Crippen LogP contribution in [0.3, 0.4) is 0 Å². The average Bonchev–Trinajstić information content (AvgIpc) is 2.67. The maximum absolute atomic E-state index is 14.0. The van der Waals surface area contributed by atoms with Gasteiger partial charge in [0.2, 0.25) is 17.4 Å². The summed E-state index contributed by atoms with van der Waals surface area (Å²) in [5.41, 5.74) is -2.97. The van der Waals surface area contributed by atoms with E-state index in [2.05, 4.69) is 14.5 Å². The molecule has 0 radical (unpaired) electrons. The number of halogens is 6. The molecule has 0 aliphatic rings. The summed E-state index contributed by atoms with van der Waals surface area (Å²) < 4.78 is 93.9. The third kappa shape index (κ3) is 5.32. The molecule has 2 aromatic rings. The summed E-state index contributed by atoms with van der Waals surface area (Å²) >= 11 is 0. The lowest BCUT2D eigenvalue weighted by molar-refractivity contribution is -0.386. The number of nitrogens with zero attached hydrogens (tertiary/aromatic N) is 2. The van der Waals surface area contributed by atoms with Gasteiger partial charge in [0, 0.05) is 12.1 Å². The van der Waals surface area contributed by atoms with Crippen molar-refractivity contribution in [2.75, 3.05) is 6.61 Å². The van der Waals surface area contributed by atoms with Gasteiger partial charge in [0.1, 0.15) is 0 Å². The number of carbonyl (C=O) groups is 1. The van der Waals surface area contributed by atoms with Gasteiger partial charge < -0.3 is 14.2 Å². The zero-order valence-corrected chi connectivity index (χ0v) is 15.6. The monoisotopic (exact) mass is 454 g/mol. The van der Waals surface area contributed by atoms with Gasteiger partial charge in [-0.1, -0.05) is 0 Å². The van der Waals surface area contributed by atoms with E-state index in [1.807, 2.05) is 0 Å². The van der Waals surface area contributed by atoms with Crippen molar-refractivity contribution in [1.29, 1.82) is 0 Å². The van der Waals surface area contributed by atoms with E-state index in [0.29, 0.717) is 0 Å². The van der Waals surface area contributed by atoms with Gasteiger partial charge >= 0.3 is 17.8 Å². The fourth-order valence-electron chi connectivity index (χ4n) is 2.16. The number of nitro groups is 1. The molecule has 2 rings (SSSR count). The highest BCUT2D eigenvalue weighted by molar-refractivity contribution is 5.74. The number of hydrogen-bond acceptors (Lipinski definition) is 7. The van der Waals surface area contributed by atoms with Crippen molar-refractivity contribution in [2.45, 2.75) is 26.1 Å². The van der Waals surface area contributed by atoms with E-state index in [4.69, 9.17) is 4.74 Å². The van der Waals surface area contributed by atoms with Crippen molar-refractivity contribution in [3.05, 3.63) is 51.3 Å². The highest BCUT2D eigenvalue weighted by Crippen LogP contribution is 2.38. The smallest absolute Gasteiger partial charge is 0.419 e. The van der Waals surface area contributed by atoms with Gasteiger partial charge in [-0.25, -0.2) is 13.6 Å². The van der Waals surface area contributed by atoms with Crippen LogP contribution in [0.2, 0.25) is 0 Å². The van der Waals surface area contributed by atoms with Gasteiger partial charge in [0.05, 0.1) is 17.1 Å². The van der Waals surface area contributed by atoms with Gasteiger partial charge in [0.15, 0.2) is 17.7 Å². The topological polar surface area (TPSA) is 101 Å². The Balaban J connectivity index is 2.44. The van der Waals surface area contributed by atoms with Crippen LogP contribution in [-0.2, 0) is 15.7 Å². The van der Waals surface area contributed by atoms with Gasteiger partial charge in [0.25, 0.3) is 5.88 Å². The van der Waals surface area contributed by atoms with Gasteiger partial charge in [-0.05, 0) is 19.9 Å². The number of ether oxygens (including phenoxy) is 3. The van der Waals surface area contributed by atoms with Crippen molar-refractivity contribution in [3.8, 4) is 17.5 Å². The van der Waals surface area contributed by atoms with Crippen molar-refractivity contribution < 1.29 is 50.3 Å². The average molecular weight is 454 g/mol. The van der Waals surface area contributed by atoms with Crippen molar-refractivity contribution >= 4 is 11.7 Å². The number of pyridine rings is 1. The first-order chi connectivity index (χ1) is 14.4. The quantitative estimate of drug-likeness (QED) is 0.199. The predicted octanol–water partition coefficient (Wildman–Crippen LogP) is 4.55. The molecule has 0 saturated heterocycles. The summed E-state index contributed by atoms with van der Waals surface area (Å²) in [6.07, 6.45) is -6.77. The Kier molecular flexibility index (Phi) is 6.92. The SMILES string of the molecule is CCOC(=O)C(C)Oc1nc(Oc2c(F)cc(C(F)(F)F)c(F)c2F)ccc1[N+](=O)[O-]. The van der Waals surface area contributed by atoms with E-state index >= 15 is 0 Å². The molecule has 1 unspecified atom stereocenters. The summed E-state index contributed by atoms with van der Waals surface area (Å²) in [5, 5.41) is 11.1. The molecule has 0 amide bonds. The summed E-state index contributed by atoms with van der Waals surface area (Å²) in [7, 11) is 0. The molecule has 0 fully saturated rings. The Morgan fingerprint density at radius 3 is 2.42 bits per heavy atom. The molecule has 1 atom stereocenters. The zero-order valence-electron chi connectivity index (χ0n) is 15.6. The third-order valence-corrected chi connectivity index (χ3v) is 3.55. The minimum absolute atomic E-state index is 0.0246. The van der Waals surface area contributed by atoms with Crippen molar-refractivity contribution in [2.24, 2.45) is 0 Å². The molecule has 1 aromatic carbocycles. The first-order valence-electron chi connectivity index (χ1n) is 8.28. The summed E-state index contributed by atoms with van der Waals surface area (Å²) in [5.74, 6) is -10.7. The molecule has 0 aliphatic carbocycles. The van der Waals surface area contributed by atoms with Crippen molar-refractivity contribution in [3.63, 3.8) is 0 Å². The third-order valence-electron chi connectivity index (χ3n) is 3.55. The van der Waals surface area contributed by atoms with E-state index < -0.39 is 69.4 Å². The molecule has 0 N–H and O–H groups in total. The maximum Gasteiger partial charge on any atom is 0.419 e. The lowest BCUT2D eigenvalue weighted by atomic mass is 10.1. The normalized spacial score (nSPS) is 12.3. The fourth-order valence-corrected chi connectivity index (χ4v) is 2.16. The summed E-state index contributed by atoms with van der Waals surface area (Å²) in [6, 6.07) is 1.14. The molecule has 0 spiro atoms. The Morgan fingerprint density at radius 1 is 1.23 bits per heavy atom. The van der Waals surface area contributed by atoms with Crippen LogP contribution < -0.4 is 9.47 Å². The number of esters is 1. The van der Waals surface area contributed by atoms with Crippen LogP contribution in [0.4, 0.5) is 32.0 Å². The van der Waals surface area contributed by atoms with Crippen LogP contribution >= 0.6 is 0 Å². The fraction of sp³-hybridized carbons (Fsp3) is 0.294. The van der Waals surface area contributed by atoms with Gasteiger partial charge in [-0.15, -0.1) is 0 Å². The van der Waals surface area contributed by atoms with Crippen LogP contribution in [-0.4, -0.2) is 28.6 Å². The van der Waals surface area contributed by atoms with E-state index in [1.54, 1.807) is 0 Å². The summed E-state index contributed by atoms with van der Waals surface area (Å²) in [6.45, 7) is 2.64. The van der Waals surface area contributed by atoms with Crippen LogP contribution in [0.25, 0.3) is 0 Å². The molecule has 1 aromatic heterocycles.